The number of esters is 1. The van der Waals surface area contributed by atoms with E-state index in [1.807, 2.05) is 6.92 Å². The number of nitrogens with one attached hydrogen (secondary N) is 2. The summed E-state index contributed by atoms with van der Waals surface area (Å²) in [5.74, 6) is -2.84. The number of hydrogen-bond donors (Lipinski definition) is 3. The van der Waals surface area contributed by atoms with Crippen LogP contribution in [0.1, 0.15) is 40.0 Å². The quantitative estimate of drug-likeness (QED) is 0.517. The van der Waals surface area contributed by atoms with Gasteiger partial charge in [-0.1, -0.05) is 20.3 Å². The number of rotatable bonds is 9. The van der Waals surface area contributed by atoms with Crippen LogP contribution in [0.15, 0.2) is 0 Å². The summed E-state index contributed by atoms with van der Waals surface area (Å²) in [7, 11) is 1.15. The smallest absolute Gasteiger partial charge is 0.328 e. The van der Waals surface area contributed by atoms with Crippen LogP contribution in [0.25, 0.3) is 0 Å². The second-order valence-electron chi connectivity index (χ2n) is 5.08. The van der Waals surface area contributed by atoms with E-state index in [9.17, 15) is 19.2 Å². The van der Waals surface area contributed by atoms with Crippen molar-refractivity contribution in [2.75, 3.05) is 7.11 Å². The van der Waals surface area contributed by atoms with E-state index in [2.05, 4.69) is 15.4 Å². The normalized spacial score (nSPS) is 14.4. The lowest BCUT2D eigenvalue weighted by atomic mass is 9.97. The fraction of sp³-hybridized carbons (Fsp3) is 0.714. The van der Waals surface area contributed by atoms with Gasteiger partial charge in [-0.25, -0.2) is 4.79 Å². The number of carboxylic acid groups (broad SMARTS) is 1. The van der Waals surface area contributed by atoms with Crippen molar-refractivity contribution >= 4 is 23.8 Å². The molecule has 0 rings (SSSR count). The van der Waals surface area contributed by atoms with E-state index in [4.69, 9.17) is 5.11 Å². The van der Waals surface area contributed by atoms with Gasteiger partial charge in [0, 0.05) is 13.3 Å². The SMILES string of the molecule is CCC(C)[C@H](NC(C)=O)C(=O)N[C@H](CCC(=O)O)C(=O)OC. The second-order valence-corrected chi connectivity index (χ2v) is 5.08. The summed E-state index contributed by atoms with van der Waals surface area (Å²) in [6, 6.07) is -1.85. The molecule has 0 fully saturated rings. The van der Waals surface area contributed by atoms with Gasteiger partial charge < -0.3 is 20.5 Å². The first-order chi connectivity index (χ1) is 10.2. The molecular formula is C14H24N2O6. The van der Waals surface area contributed by atoms with Crippen LogP contribution in [0.5, 0.6) is 0 Å². The van der Waals surface area contributed by atoms with Crippen LogP contribution in [0.4, 0.5) is 0 Å². The lowest BCUT2D eigenvalue weighted by molar-refractivity contribution is -0.146. The number of ether oxygens (including phenoxy) is 1. The largest absolute Gasteiger partial charge is 0.481 e. The molecule has 0 aliphatic heterocycles. The highest BCUT2D eigenvalue weighted by atomic mass is 16.5. The number of carboxylic acids is 1. The molecule has 0 aromatic rings. The maximum atomic E-state index is 12.3. The molecule has 0 aliphatic rings. The minimum absolute atomic E-state index is 0.0823. The fourth-order valence-electron chi connectivity index (χ4n) is 1.84. The van der Waals surface area contributed by atoms with E-state index in [-0.39, 0.29) is 24.7 Å². The lowest BCUT2D eigenvalue weighted by Crippen LogP contribution is -2.54. The molecule has 126 valence electrons. The summed E-state index contributed by atoms with van der Waals surface area (Å²) >= 11 is 0. The maximum absolute atomic E-state index is 12.3. The fourth-order valence-corrected chi connectivity index (χ4v) is 1.84. The van der Waals surface area contributed by atoms with Crippen molar-refractivity contribution in [3.8, 4) is 0 Å². The number of hydrogen-bond acceptors (Lipinski definition) is 5. The zero-order valence-electron chi connectivity index (χ0n) is 13.3. The van der Waals surface area contributed by atoms with Crippen molar-refractivity contribution in [3.05, 3.63) is 0 Å². The van der Waals surface area contributed by atoms with E-state index in [1.54, 1.807) is 6.92 Å². The van der Waals surface area contributed by atoms with Crippen molar-refractivity contribution in [2.24, 2.45) is 5.92 Å². The van der Waals surface area contributed by atoms with E-state index in [1.165, 1.54) is 6.92 Å². The first-order valence-corrected chi connectivity index (χ1v) is 7.10. The zero-order chi connectivity index (χ0) is 17.3. The van der Waals surface area contributed by atoms with Gasteiger partial charge in [0.2, 0.25) is 11.8 Å². The summed E-state index contributed by atoms with van der Waals surface area (Å²) < 4.78 is 4.56. The van der Waals surface area contributed by atoms with Crippen LogP contribution in [0.2, 0.25) is 0 Å². The first-order valence-electron chi connectivity index (χ1n) is 7.10. The Balaban J connectivity index is 4.97. The molecule has 0 aromatic carbocycles. The molecule has 8 heteroatoms. The van der Waals surface area contributed by atoms with Crippen molar-refractivity contribution < 1.29 is 29.0 Å². The number of amides is 2. The third kappa shape index (κ3) is 7.05. The number of methoxy groups -OCH3 is 1. The Morgan fingerprint density at radius 2 is 1.77 bits per heavy atom. The molecule has 0 heterocycles. The highest BCUT2D eigenvalue weighted by Gasteiger charge is 2.29. The van der Waals surface area contributed by atoms with Crippen LogP contribution in [0, 0.1) is 5.92 Å². The third-order valence-electron chi connectivity index (χ3n) is 3.30. The summed E-state index contributed by atoms with van der Waals surface area (Å²) in [6.07, 6.45) is 0.283. The second kappa shape index (κ2) is 9.75. The van der Waals surface area contributed by atoms with Crippen LogP contribution in [-0.2, 0) is 23.9 Å². The Bertz CT molecular complexity index is 424. The van der Waals surface area contributed by atoms with Crippen molar-refractivity contribution in [2.45, 2.75) is 52.1 Å². The topological polar surface area (TPSA) is 122 Å². The molecule has 0 radical (unpaired) electrons. The van der Waals surface area contributed by atoms with Crippen LogP contribution < -0.4 is 10.6 Å². The Kier molecular flexibility index (Phi) is 8.81. The summed E-state index contributed by atoms with van der Waals surface area (Å²) in [5.41, 5.74) is 0. The standard InChI is InChI=1S/C14H24N2O6/c1-5-8(2)12(15-9(3)17)13(20)16-10(14(21)22-4)6-7-11(18)19/h8,10,12H,5-7H2,1-4H3,(H,15,17)(H,16,20)(H,18,19)/t8?,10-,12+/m1/s1. The highest BCUT2D eigenvalue weighted by molar-refractivity contribution is 5.90. The molecule has 8 nitrogen and oxygen atoms in total. The Hall–Kier alpha value is -2.12. The molecular weight excluding hydrogens is 292 g/mol. The molecule has 0 saturated heterocycles. The Morgan fingerprint density at radius 3 is 2.18 bits per heavy atom. The molecule has 0 aromatic heterocycles. The molecule has 3 N–H and O–H groups in total. The number of carbonyl (C=O) groups is 4. The van der Waals surface area contributed by atoms with Crippen LogP contribution in [-0.4, -0.2) is 48.1 Å². The predicted molar refractivity (Wildman–Crippen MR) is 77.9 cm³/mol. The molecule has 0 bridgehead atoms. The zero-order valence-corrected chi connectivity index (χ0v) is 13.3. The highest BCUT2D eigenvalue weighted by Crippen LogP contribution is 2.09. The average Bonchev–Trinajstić information content (AvgIpc) is 2.46. The van der Waals surface area contributed by atoms with Gasteiger partial charge in [-0.15, -0.1) is 0 Å². The minimum Gasteiger partial charge on any atom is -0.481 e. The van der Waals surface area contributed by atoms with Gasteiger partial charge in [0.1, 0.15) is 12.1 Å². The van der Waals surface area contributed by atoms with E-state index in [0.717, 1.165) is 7.11 Å². The first kappa shape index (κ1) is 19.9. The average molecular weight is 316 g/mol. The lowest BCUT2D eigenvalue weighted by Gasteiger charge is -2.25. The van der Waals surface area contributed by atoms with E-state index < -0.39 is 29.9 Å². The molecule has 0 aliphatic carbocycles. The Labute approximate surface area is 129 Å². The summed E-state index contributed by atoms with van der Waals surface area (Å²) in [6.45, 7) is 4.96. The van der Waals surface area contributed by atoms with Crippen molar-refractivity contribution in [3.63, 3.8) is 0 Å². The number of carbonyl (C=O) groups excluding carboxylic acids is 3. The van der Waals surface area contributed by atoms with Crippen molar-refractivity contribution in [1.29, 1.82) is 0 Å². The molecule has 0 saturated carbocycles. The molecule has 0 spiro atoms. The molecule has 22 heavy (non-hydrogen) atoms. The van der Waals surface area contributed by atoms with Crippen LogP contribution >= 0.6 is 0 Å². The van der Waals surface area contributed by atoms with Gasteiger partial charge in [0.25, 0.3) is 0 Å². The summed E-state index contributed by atoms with van der Waals surface area (Å²) in [5, 5.41) is 13.7. The van der Waals surface area contributed by atoms with E-state index >= 15 is 0 Å². The monoisotopic (exact) mass is 316 g/mol. The Morgan fingerprint density at radius 1 is 1.18 bits per heavy atom. The van der Waals surface area contributed by atoms with Gasteiger partial charge in [-0.3, -0.25) is 14.4 Å². The third-order valence-corrected chi connectivity index (χ3v) is 3.30. The van der Waals surface area contributed by atoms with Crippen molar-refractivity contribution in [1.82, 2.24) is 10.6 Å². The number of aliphatic carboxylic acids is 1. The van der Waals surface area contributed by atoms with Crippen LogP contribution in [0.3, 0.4) is 0 Å². The van der Waals surface area contributed by atoms with Gasteiger partial charge in [0.15, 0.2) is 0 Å². The van der Waals surface area contributed by atoms with Gasteiger partial charge in [-0.2, -0.15) is 0 Å². The molecule has 1 unspecified atom stereocenters. The van der Waals surface area contributed by atoms with Gasteiger partial charge >= 0.3 is 11.9 Å². The maximum Gasteiger partial charge on any atom is 0.328 e. The summed E-state index contributed by atoms with van der Waals surface area (Å²) in [4.78, 5) is 45.7. The van der Waals surface area contributed by atoms with E-state index in [0.29, 0.717) is 6.42 Å². The predicted octanol–water partition coefficient (Wildman–Crippen LogP) is 0.0598. The van der Waals surface area contributed by atoms with Gasteiger partial charge in [-0.05, 0) is 12.3 Å². The molecule has 3 atom stereocenters. The molecule has 2 amide bonds. The minimum atomic E-state index is -1.08. The van der Waals surface area contributed by atoms with Gasteiger partial charge in [0.05, 0.1) is 7.11 Å².